The second-order valence-corrected chi connectivity index (χ2v) is 1.83. The van der Waals surface area contributed by atoms with Crippen LogP contribution in [0.15, 0.2) is 15.4 Å². The van der Waals surface area contributed by atoms with Crippen molar-refractivity contribution in [1.29, 1.82) is 0 Å². The van der Waals surface area contributed by atoms with E-state index >= 15 is 0 Å². The van der Waals surface area contributed by atoms with E-state index in [0.717, 1.165) is 12.8 Å². The summed E-state index contributed by atoms with van der Waals surface area (Å²) in [6, 6.07) is 0.278. The van der Waals surface area contributed by atoms with Gasteiger partial charge in [0.25, 0.3) is 0 Å². The molecule has 0 saturated heterocycles. The van der Waals surface area contributed by atoms with Gasteiger partial charge >= 0.3 is 0 Å². The Hall–Kier alpha value is -0.730. The van der Waals surface area contributed by atoms with Crippen LogP contribution in [0.4, 0.5) is 0 Å². The van der Waals surface area contributed by atoms with Crippen molar-refractivity contribution in [2.24, 2.45) is 15.4 Å². The van der Waals surface area contributed by atoms with E-state index < -0.39 is 0 Å². The largest absolute Gasteiger partial charge is 0.160 e. The molecule has 0 aromatic carbocycles. The summed E-state index contributed by atoms with van der Waals surface area (Å²) in [5.41, 5.74) is 0. The molecule has 3 heteroatoms. The van der Waals surface area contributed by atoms with E-state index in [1.807, 2.05) is 0 Å². The standard InChI is InChI=1S/C5H9N3/c1-2-3-5-4-6-8-7-5/h4-5H,2-3H2,1H3. The second-order valence-electron chi connectivity index (χ2n) is 1.83. The molecular weight excluding hydrogens is 102 g/mol. The van der Waals surface area contributed by atoms with Gasteiger partial charge in [0.05, 0.1) is 6.21 Å². The topological polar surface area (TPSA) is 37.1 Å². The first-order valence-corrected chi connectivity index (χ1v) is 2.87. The Bertz CT molecular complexity index is 105. The van der Waals surface area contributed by atoms with E-state index in [4.69, 9.17) is 0 Å². The fraction of sp³-hybridized carbons (Fsp3) is 0.800. The number of nitrogens with zero attached hydrogens (tertiary/aromatic N) is 3. The molecule has 1 rings (SSSR count). The van der Waals surface area contributed by atoms with Crippen LogP contribution in [-0.4, -0.2) is 12.3 Å². The summed E-state index contributed by atoms with van der Waals surface area (Å²) in [5, 5.41) is 10.9. The van der Waals surface area contributed by atoms with Gasteiger partial charge in [-0.2, -0.15) is 5.11 Å². The molecule has 0 aromatic rings. The van der Waals surface area contributed by atoms with Crippen molar-refractivity contribution in [3.8, 4) is 0 Å². The molecule has 1 aliphatic heterocycles. The lowest BCUT2D eigenvalue weighted by atomic mass is 10.2. The van der Waals surface area contributed by atoms with Crippen molar-refractivity contribution in [2.45, 2.75) is 25.8 Å². The Balaban J connectivity index is 2.27. The van der Waals surface area contributed by atoms with Crippen LogP contribution < -0.4 is 0 Å². The van der Waals surface area contributed by atoms with Crippen molar-refractivity contribution in [1.82, 2.24) is 0 Å². The average Bonchev–Trinajstić information content (AvgIpc) is 2.19. The molecule has 3 nitrogen and oxygen atoms in total. The quantitative estimate of drug-likeness (QED) is 0.519. The molecule has 0 aliphatic carbocycles. The highest BCUT2D eigenvalue weighted by atomic mass is 15.4. The fourth-order valence-corrected chi connectivity index (χ4v) is 0.661. The molecule has 0 radical (unpaired) electrons. The monoisotopic (exact) mass is 111 g/mol. The Morgan fingerprint density at radius 3 is 3.00 bits per heavy atom. The van der Waals surface area contributed by atoms with Crippen LogP contribution in [0, 0.1) is 0 Å². The molecule has 0 bridgehead atoms. The Morgan fingerprint density at radius 2 is 2.50 bits per heavy atom. The predicted molar refractivity (Wildman–Crippen MR) is 32.0 cm³/mol. The second kappa shape index (κ2) is 2.55. The minimum atomic E-state index is 0.278. The minimum Gasteiger partial charge on any atom is -0.160 e. The van der Waals surface area contributed by atoms with E-state index in [1.165, 1.54) is 0 Å². The van der Waals surface area contributed by atoms with Gasteiger partial charge in [0.1, 0.15) is 6.04 Å². The van der Waals surface area contributed by atoms with Crippen molar-refractivity contribution in [2.75, 3.05) is 0 Å². The zero-order valence-corrected chi connectivity index (χ0v) is 4.91. The van der Waals surface area contributed by atoms with Gasteiger partial charge in [0.2, 0.25) is 0 Å². The molecule has 8 heavy (non-hydrogen) atoms. The molecule has 0 saturated carbocycles. The van der Waals surface area contributed by atoms with E-state index in [0.29, 0.717) is 0 Å². The molecule has 1 unspecified atom stereocenters. The summed E-state index contributed by atoms with van der Waals surface area (Å²) in [7, 11) is 0. The van der Waals surface area contributed by atoms with Crippen molar-refractivity contribution >= 4 is 6.21 Å². The molecule has 1 heterocycles. The lowest BCUT2D eigenvalue weighted by molar-refractivity contribution is 0.725. The summed E-state index contributed by atoms with van der Waals surface area (Å²) < 4.78 is 0. The van der Waals surface area contributed by atoms with Gasteiger partial charge in [-0.25, -0.2) is 0 Å². The number of hydrogen-bond donors (Lipinski definition) is 0. The summed E-state index contributed by atoms with van der Waals surface area (Å²) in [6.07, 6.45) is 4.01. The fourth-order valence-electron chi connectivity index (χ4n) is 0.661. The van der Waals surface area contributed by atoms with Gasteiger partial charge in [-0.3, -0.25) is 0 Å². The molecule has 1 aliphatic rings. The van der Waals surface area contributed by atoms with Gasteiger partial charge < -0.3 is 0 Å². The van der Waals surface area contributed by atoms with Crippen LogP contribution in [-0.2, 0) is 0 Å². The highest BCUT2D eigenvalue weighted by Crippen LogP contribution is 2.04. The highest BCUT2D eigenvalue weighted by Gasteiger charge is 2.04. The third-order valence-corrected chi connectivity index (χ3v) is 1.07. The number of rotatable bonds is 2. The normalized spacial score (nSPS) is 24.9. The average molecular weight is 111 g/mol. The zero-order valence-electron chi connectivity index (χ0n) is 4.91. The summed E-state index contributed by atoms with van der Waals surface area (Å²) in [5.74, 6) is 0. The Kier molecular flexibility index (Phi) is 1.72. The lowest BCUT2D eigenvalue weighted by Gasteiger charge is -1.93. The smallest absolute Gasteiger partial charge is 0.110 e. The molecule has 1 atom stereocenters. The third-order valence-electron chi connectivity index (χ3n) is 1.07. The molecule has 0 spiro atoms. The van der Waals surface area contributed by atoms with Gasteiger partial charge in [0, 0.05) is 0 Å². The summed E-state index contributed by atoms with van der Waals surface area (Å²) in [4.78, 5) is 0. The van der Waals surface area contributed by atoms with Gasteiger partial charge in [-0.05, 0) is 11.6 Å². The van der Waals surface area contributed by atoms with Crippen LogP contribution in [0.5, 0.6) is 0 Å². The first-order valence-electron chi connectivity index (χ1n) is 2.87. The number of hydrogen-bond acceptors (Lipinski definition) is 3. The van der Waals surface area contributed by atoms with Gasteiger partial charge in [-0.1, -0.05) is 13.3 Å². The maximum absolute atomic E-state index is 3.83. The van der Waals surface area contributed by atoms with Crippen LogP contribution >= 0.6 is 0 Å². The first-order chi connectivity index (χ1) is 3.93. The maximum Gasteiger partial charge on any atom is 0.110 e. The van der Waals surface area contributed by atoms with Crippen molar-refractivity contribution in [3.05, 3.63) is 0 Å². The molecule has 0 amide bonds. The van der Waals surface area contributed by atoms with Crippen LogP contribution in [0.3, 0.4) is 0 Å². The van der Waals surface area contributed by atoms with Crippen LogP contribution in [0.1, 0.15) is 19.8 Å². The molecule has 0 aromatic heterocycles. The maximum atomic E-state index is 3.83. The van der Waals surface area contributed by atoms with E-state index in [-0.39, 0.29) is 6.04 Å². The van der Waals surface area contributed by atoms with Crippen LogP contribution in [0.2, 0.25) is 0 Å². The van der Waals surface area contributed by atoms with Gasteiger partial charge in [0.15, 0.2) is 0 Å². The van der Waals surface area contributed by atoms with Crippen molar-refractivity contribution in [3.63, 3.8) is 0 Å². The van der Waals surface area contributed by atoms with E-state index in [1.54, 1.807) is 6.21 Å². The van der Waals surface area contributed by atoms with E-state index in [9.17, 15) is 0 Å². The summed E-state index contributed by atoms with van der Waals surface area (Å²) >= 11 is 0. The first kappa shape index (κ1) is 5.41. The molecule has 0 fully saturated rings. The lowest BCUT2D eigenvalue weighted by Crippen LogP contribution is -1.99. The zero-order chi connectivity index (χ0) is 5.82. The summed E-state index contributed by atoms with van der Waals surface area (Å²) in [6.45, 7) is 2.13. The Labute approximate surface area is 48.5 Å². The highest BCUT2D eigenvalue weighted by molar-refractivity contribution is 5.65. The van der Waals surface area contributed by atoms with Gasteiger partial charge in [-0.15, -0.1) is 5.10 Å². The SMILES string of the molecule is CCCC1C=NN=N1. The molecule has 0 N–H and O–H groups in total. The third kappa shape index (κ3) is 1.12. The Morgan fingerprint density at radius 1 is 1.62 bits per heavy atom. The van der Waals surface area contributed by atoms with Crippen molar-refractivity contribution < 1.29 is 0 Å². The minimum absolute atomic E-state index is 0.278. The van der Waals surface area contributed by atoms with E-state index in [2.05, 4.69) is 22.4 Å². The predicted octanol–water partition coefficient (Wildman–Crippen LogP) is 1.61. The molecule has 44 valence electrons. The molecular formula is C5H9N3. The van der Waals surface area contributed by atoms with Crippen LogP contribution in [0.25, 0.3) is 0 Å².